The van der Waals surface area contributed by atoms with Crippen LogP contribution in [-0.2, 0) is 17.9 Å². The monoisotopic (exact) mass is 548 g/mol. The van der Waals surface area contributed by atoms with Crippen molar-refractivity contribution >= 4 is 16.7 Å². The summed E-state index contributed by atoms with van der Waals surface area (Å²) in [6, 6.07) is 22.4. The fraction of sp³-hybridized carbons (Fsp3) is 0.242. The van der Waals surface area contributed by atoms with Gasteiger partial charge in [-0.05, 0) is 49.2 Å². The Morgan fingerprint density at radius 3 is 2.80 bits per heavy atom. The highest BCUT2D eigenvalue weighted by Crippen LogP contribution is 2.41. The molecular formula is C33H29FN4O3. The van der Waals surface area contributed by atoms with Gasteiger partial charge in [-0.15, -0.1) is 0 Å². The Hall–Kier alpha value is -4.74. The minimum Gasteiger partial charge on any atom is -0.493 e. The first kappa shape index (κ1) is 26.5. The molecule has 0 aliphatic carbocycles. The molecule has 0 amide bonds. The van der Waals surface area contributed by atoms with Crippen molar-refractivity contribution in [3.8, 4) is 22.9 Å². The van der Waals surface area contributed by atoms with E-state index >= 15 is 0 Å². The van der Waals surface area contributed by atoms with E-state index in [1.54, 1.807) is 25.3 Å². The number of hydrogen-bond acceptors (Lipinski definition) is 5. The summed E-state index contributed by atoms with van der Waals surface area (Å²) in [5.41, 5.74) is 6.63. The van der Waals surface area contributed by atoms with Gasteiger partial charge in [0.2, 0.25) is 5.88 Å². The van der Waals surface area contributed by atoms with Gasteiger partial charge < -0.3 is 18.8 Å². The van der Waals surface area contributed by atoms with Crippen molar-refractivity contribution in [2.45, 2.75) is 32.4 Å². The second-order valence-electron chi connectivity index (χ2n) is 10.1. The van der Waals surface area contributed by atoms with Crippen molar-refractivity contribution in [2.75, 3.05) is 20.3 Å². The molecule has 0 saturated carbocycles. The number of imidazole rings is 1. The predicted molar refractivity (Wildman–Crippen MR) is 155 cm³/mol. The van der Waals surface area contributed by atoms with Crippen LogP contribution >= 0.6 is 0 Å². The van der Waals surface area contributed by atoms with Gasteiger partial charge in [-0.3, -0.25) is 0 Å². The van der Waals surface area contributed by atoms with Gasteiger partial charge in [0.15, 0.2) is 5.69 Å². The molecule has 7 nitrogen and oxygen atoms in total. The van der Waals surface area contributed by atoms with E-state index in [-0.39, 0.29) is 18.2 Å². The highest BCUT2D eigenvalue weighted by Gasteiger charge is 2.28. The van der Waals surface area contributed by atoms with E-state index in [0.29, 0.717) is 24.7 Å². The Bertz CT molecular complexity index is 1770. The first-order valence-corrected chi connectivity index (χ1v) is 13.5. The van der Waals surface area contributed by atoms with Crippen molar-refractivity contribution < 1.29 is 18.6 Å². The van der Waals surface area contributed by atoms with E-state index in [0.717, 1.165) is 52.4 Å². The molecule has 0 radical (unpaired) electrons. The van der Waals surface area contributed by atoms with E-state index in [1.807, 2.05) is 24.3 Å². The summed E-state index contributed by atoms with van der Waals surface area (Å²) < 4.78 is 33.9. The molecule has 2 aromatic heterocycles. The van der Waals surface area contributed by atoms with Crippen LogP contribution in [0.5, 0.6) is 11.6 Å². The predicted octanol–water partition coefficient (Wildman–Crippen LogP) is 7.24. The minimum absolute atomic E-state index is 0.0130. The maximum absolute atomic E-state index is 14.3. The number of fused-ring (bicyclic) bond motifs is 2. The molecule has 41 heavy (non-hydrogen) atoms. The lowest BCUT2D eigenvalue weighted by molar-refractivity contribution is 0.186. The molecule has 1 aliphatic heterocycles. The number of methoxy groups -OCH3 is 1. The van der Waals surface area contributed by atoms with Gasteiger partial charge in [0, 0.05) is 42.3 Å². The molecule has 1 atom stereocenters. The number of rotatable bonds is 8. The maximum atomic E-state index is 14.3. The van der Waals surface area contributed by atoms with Crippen molar-refractivity contribution in [3.05, 3.63) is 113 Å². The topological polar surface area (TPSA) is 62.8 Å². The van der Waals surface area contributed by atoms with E-state index < -0.39 is 5.82 Å². The molecule has 3 aromatic carbocycles. The van der Waals surface area contributed by atoms with Crippen LogP contribution in [0.15, 0.2) is 72.8 Å². The third-order valence-electron chi connectivity index (χ3n) is 7.38. The fourth-order valence-electron chi connectivity index (χ4n) is 5.28. The number of nitrogens with zero attached hydrogens (tertiary/aromatic N) is 4. The molecule has 0 spiro atoms. The van der Waals surface area contributed by atoms with E-state index in [4.69, 9.17) is 25.8 Å². The zero-order valence-electron chi connectivity index (χ0n) is 22.9. The lowest BCUT2D eigenvalue weighted by atomic mass is 9.91. The first-order chi connectivity index (χ1) is 20.0. The van der Waals surface area contributed by atoms with Gasteiger partial charge in [-0.25, -0.2) is 19.2 Å². The standard InChI is InChI=1S/C33H29FN4O3/c1-21-7-12-29-30(17-21)38(14-16-39-3)33(37-29)26-13-15-40-31-18-22(9-11-25(26)31)28-5-4-6-32(36-28)41-20-23-8-10-24(35-2)19-27(23)34/h4-12,17-19,26H,13-16,20H2,1,3H3. The lowest BCUT2D eigenvalue weighted by Crippen LogP contribution is -2.20. The van der Waals surface area contributed by atoms with Crippen LogP contribution in [0.25, 0.3) is 27.1 Å². The number of aryl methyl sites for hydroxylation is 1. The third-order valence-corrected chi connectivity index (χ3v) is 7.38. The number of benzene rings is 3. The highest BCUT2D eigenvalue weighted by molar-refractivity contribution is 5.77. The van der Waals surface area contributed by atoms with Gasteiger partial charge >= 0.3 is 0 Å². The Labute approximate surface area is 238 Å². The minimum atomic E-state index is -0.470. The summed E-state index contributed by atoms with van der Waals surface area (Å²) in [5.74, 6) is 1.83. The number of aromatic nitrogens is 3. The molecule has 0 bridgehead atoms. The second-order valence-corrected chi connectivity index (χ2v) is 10.1. The van der Waals surface area contributed by atoms with Crippen molar-refractivity contribution in [3.63, 3.8) is 0 Å². The van der Waals surface area contributed by atoms with Crippen LogP contribution in [0.1, 0.15) is 34.9 Å². The Balaban J connectivity index is 1.27. The molecule has 1 unspecified atom stereocenters. The van der Waals surface area contributed by atoms with E-state index in [2.05, 4.69) is 45.6 Å². The van der Waals surface area contributed by atoms with Crippen molar-refractivity contribution in [1.82, 2.24) is 14.5 Å². The van der Waals surface area contributed by atoms with Gasteiger partial charge in [-0.2, -0.15) is 0 Å². The molecule has 8 heteroatoms. The van der Waals surface area contributed by atoms with Crippen LogP contribution in [0.2, 0.25) is 0 Å². The molecule has 6 rings (SSSR count). The summed E-state index contributed by atoms with van der Waals surface area (Å²) in [6.45, 7) is 11.0. The molecule has 1 aliphatic rings. The summed E-state index contributed by atoms with van der Waals surface area (Å²) in [4.78, 5) is 13.0. The van der Waals surface area contributed by atoms with Crippen molar-refractivity contribution in [2.24, 2.45) is 0 Å². The SMILES string of the molecule is [C-]#[N+]c1ccc(COc2cccc(-c3ccc4c(c3)OCCC4c3nc4ccc(C)cc4n3CCOC)n2)c(F)c1. The first-order valence-electron chi connectivity index (χ1n) is 13.5. The summed E-state index contributed by atoms with van der Waals surface area (Å²) in [7, 11) is 1.72. The Morgan fingerprint density at radius 2 is 1.98 bits per heavy atom. The highest BCUT2D eigenvalue weighted by atomic mass is 19.1. The smallest absolute Gasteiger partial charge is 0.214 e. The summed E-state index contributed by atoms with van der Waals surface area (Å²) in [5, 5.41) is 0. The van der Waals surface area contributed by atoms with Crippen LogP contribution in [0.3, 0.4) is 0 Å². The van der Waals surface area contributed by atoms with E-state index in [1.165, 1.54) is 11.6 Å². The molecular weight excluding hydrogens is 519 g/mol. The van der Waals surface area contributed by atoms with Gasteiger partial charge in [0.05, 0.1) is 36.5 Å². The number of halogens is 1. The van der Waals surface area contributed by atoms with Crippen LogP contribution < -0.4 is 9.47 Å². The maximum Gasteiger partial charge on any atom is 0.214 e. The third kappa shape index (κ3) is 5.37. The largest absolute Gasteiger partial charge is 0.493 e. The van der Waals surface area contributed by atoms with Gasteiger partial charge in [0.25, 0.3) is 0 Å². The quantitative estimate of drug-likeness (QED) is 0.191. The zero-order valence-corrected chi connectivity index (χ0v) is 22.9. The molecule has 0 N–H and O–H groups in total. The van der Waals surface area contributed by atoms with Crippen molar-refractivity contribution in [1.29, 1.82) is 0 Å². The molecule has 3 heterocycles. The normalized spacial score (nSPS) is 14.3. The Morgan fingerprint density at radius 1 is 1.07 bits per heavy atom. The lowest BCUT2D eigenvalue weighted by Gasteiger charge is -2.27. The second kappa shape index (κ2) is 11.4. The molecule has 0 saturated heterocycles. The number of ether oxygens (including phenoxy) is 3. The number of hydrogen-bond donors (Lipinski definition) is 0. The average Bonchev–Trinajstić information content (AvgIpc) is 3.36. The summed E-state index contributed by atoms with van der Waals surface area (Å²) in [6.07, 6.45) is 0.830. The zero-order chi connectivity index (χ0) is 28.3. The van der Waals surface area contributed by atoms with E-state index in [9.17, 15) is 4.39 Å². The van der Waals surface area contributed by atoms with Crippen LogP contribution in [0, 0.1) is 19.3 Å². The molecule has 206 valence electrons. The summed E-state index contributed by atoms with van der Waals surface area (Å²) >= 11 is 0. The molecule has 0 fully saturated rings. The molecule has 5 aromatic rings. The van der Waals surface area contributed by atoms with Crippen LogP contribution in [-0.4, -0.2) is 34.9 Å². The Kier molecular flexibility index (Phi) is 7.36. The average molecular weight is 549 g/mol. The van der Waals surface area contributed by atoms with Gasteiger partial charge in [-0.1, -0.05) is 36.4 Å². The number of pyridine rings is 1. The van der Waals surface area contributed by atoms with Gasteiger partial charge in [0.1, 0.15) is 24.0 Å². The van der Waals surface area contributed by atoms with Crippen LogP contribution in [0.4, 0.5) is 10.1 Å². The fourth-order valence-corrected chi connectivity index (χ4v) is 5.28.